The van der Waals surface area contributed by atoms with Gasteiger partial charge in [-0.15, -0.1) is 0 Å². The highest BCUT2D eigenvalue weighted by atomic mass is 79.9. The summed E-state index contributed by atoms with van der Waals surface area (Å²) < 4.78 is 28.2. The molecule has 2 aromatic carbocycles. The van der Waals surface area contributed by atoms with Crippen molar-refractivity contribution in [3.05, 3.63) is 57.0 Å². The Labute approximate surface area is 172 Å². The fraction of sp³-hybridized carbons (Fsp3) is 0.316. The van der Waals surface area contributed by atoms with Gasteiger partial charge >= 0.3 is 0 Å². The molecule has 0 spiro atoms. The minimum Gasteiger partial charge on any atom is -0.324 e. The molecule has 5 nitrogen and oxygen atoms in total. The largest absolute Gasteiger partial charge is 0.324 e. The fourth-order valence-electron chi connectivity index (χ4n) is 3.35. The van der Waals surface area contributed by atoms with Gasteiger partial charge in [-0.2, -0.15) is 4.31 Å². The molecule has 1 aliphatic heterocycles. The zero-order valence-electron chi connectivity index (χ0n) is 15.0. The number of nitrogens with zero attached hydrogens (tertiary/aromatic N) is 1. The van der Waals surface area contributed by atoms with Crippen molar-refractivity contribution in [2.24, 2.45) is 0 Å². The lowest BCUT2D eigenvalue weighted by atomic mass is 10.1. The van der Waals surface area contributed by atoms with Crippen LogP contribution in [0.3, 0.4) is 0 Å². The van der Waals surface area contributed by atoms with E-state index in [0.717, 1.165) is 21.3 Å². The molecule has 1 amide bonds. The summed E-state index contributed by atoms with van der Waals surface area (Å²) >= 11 is 9.29. The van der Waals surface area contributed by atoms with E-state index in [-0.39, 0.29) is 10.8 Å². The Morgan fingerprint density at radius 3 is 2.37 bits per heavy atom. The molecule has 27 heavy (non-hydrogen) atoms. The molecule has 0 aromatic heterocycles. The molecule has 8 heteroatoms. The molecule has 0 aliphatic carbocycles. The predicted molar refractivity (Wildman–Crippen MR) is 111 cm³/mol. The predicted octanol–water partition coefficient (Wildman–Crippen LogP) is 4.51. The van der Waals surface area contributed by atoms with Crippen molar-refractivity contribution in [3.8, 4) is 0 Å². The van der Waals surface area contributed by atoms with Gasteiger partial charge in [-0.25, -0.2) is 8.42 Å². The third-order valence-corrected chi connectivity index (χ3v) is 7.30. The summed E-state index contributed by atoms with van der Waals surface area (Å²) in [5, 5.41) is 3.39. The van der Waals surface area contributed by atoms with Gasteiger partial charge in [-0.05, 0) is 74.2 Å². The number of carbonyl (C=O) groups excluding carboxylic acids is 1. The fourth-order valence-corrected chi connectivity index (χ4v) is 5.82. The van der Waals surface area contributed by atoms with E-state index < -0.39 is 16.1 Å². The molecule has 0 unspecified atom stereocenters. The number of hydrogen-bond acceptors (Lipinski definition) is 3. The first-order chi connectivity index (χ1) is 12.7. The van der Waals surface area contributed by atoms with Gasteiger partial charge in [0.1, 0.15) is 6.04 Å². The number of hydrogen-bond donors (Lipinski definition) is 1. The summed E-state index contributed by atoms with van der Waals surface area (Å²) in [4.78, 5) is 13.0. The van der Waals surface area contributed by atoms with Crippen LogP contribution >= 0.6 is 27.5 Å². The second-order valence-electron chi connectivity index (χ2n) is 6.63. The van der Waals surface area contributed by atoms with E-state index in [1.807, 2.05) is 26.0 Å². The number of amides is 1. The Morgan fingerprint density at radius 2 is 1.78 bits per heavy atom. The lowest BCUT2D eigenvalue weighted by Gasteiger charge is -2.24. The van der Waals surface area contributed by atoms with E-state index in [9.17, 15) is 13.2 Å². The lowest BCUT2D eigenvalue weighted by Crippen LogP contribution is -2.43. The average Bonchev–Trinajstić information content (AvgIpc) is 3.09. The molecule has 2 aromatic rings. The Kier molecular flexibility index (Phi) is 5.96. The number of sulfonamides is 1. The van der Waals surface area contributed by atoms with Crippen LogP contribution < -0.4 is 5.32 Å². The van der Waals surface area contributed by atoms with Gasteiger partial charge in [0.2, 0.25) is 15.9 Å². The molecule has 0 radical (unpaired) electrons. The van der Waals surface area contributed by atoms with Gasteiger partial charge in [0, 0.05) is 21.7 Å². The standard InChI is InChI=1S/C19H20BrClN2O3S/c1-12-10-14(20)11-13(2)18(12)22-19(24)17-4-3-9-23(17)27(25,26)16-7-5-15(21)6-8-16/h5-8,10-11,17H,3-4,9H2,1-2H3,(H,22,24)/t17-/m1/s1. The molecule has 1 saturated heterocycles. The van der Waals surface area contributed by atoms with Crippen LogP contribution in [-0.4, -0.2) is 31.2 Å². The van der Waals surface area contributed by atoms with E-state index in [0.29, 0.717) is 24.4 Å². The monoisotopic (exact) mass is 470 g/mol. The number of anilines is 1. The van der Waals surface area contributed by atoms with Gasteiger partial charge in [0.05, 0.1) is 4.90 Å². The second kappa shape index (κ2) is 7.91. The van der Waals surface area contributed by atoms with Crippen LogP contribution in [0.25, 0.3) is 0 Å². The van der Waals surface area contributed by atoms with Crippen LogP contribution in [0.4, 0.5) is 5.69 Å². The minimum absolute atomic E-state index is 0.141. The van der Waals surface area contributed by atoms with Crippen LogP contribution in [0.5, 0.6) is 0 Å². The van der Waals surface area contributed by atoms with E-state index in [4.69, 9.17) is 11.6 Å². The van der Waals surface area contributed by atoms with E-state index in [2.05, 4.69) is 21.2 Å². The first-order valence-corrected chi connectivity index (χ1v) is 11.2. The number of rotatable bonds is 4. The maximum absolute atomic E-state index is 13.0. The third-order valence-electron chi connectivity index (χ3n) is 4.67. The molecule has 1 aliphatic rings. The SMILES string of the molecule is Cc1cc(Br)cc(C)c1NC(=O)[C@H]1CCCN1S(=O)(=O)c1ccc(Cl)cc1. The Bertz CT molecular complexity index is 954. The van der Waals surface area contributed by atoms with Crippen LogP contribution in [0.2, 0.25) is 5.02 Å². The van der Waals surface area contributed by atoms with Gasteiger partial charge < -0.3 is 5.32 Å². The number of nitrogens with one attached hydrogen (secondary N) is 1. The van der Waals surface area contributed by atoms with Gasteiger partial charge in [0.15, 0.2) is 0 Å². The highest BCUT2D eigenvalue weighted by Gasteiger charge is 2.39. The summed E-state index contributed by atoms with van der Waals surface area (Å²) in [6.45, 7) is 4.13. The second-order valence-corrected chi connectivity index (χ2v) is 9.87. The maximum Gasteiger partial charge on any atom is 0.243 e. The van der Waals surface area contributed by atoms with Gasteiger partial charge in [-0.3, -0.25) is 4.79 Å². The number of benzene rings is 2. The van der Waals surface area contributed by atoms with Crippen LogP contribution in [0.15, 0.2) is 45.8 Å². The van der Waals surface area contributed by atoms with Gasteiger partial charge in [0.25, 0.3) is 0 Å². The molecule has 1 fully saturated rings. The quantitative estimate of drug-likeness (QED) is 0.713. The molecule has 1 atom stereocenters. The van der Waals surface area contributed by atoms with E-state index in [1.54, 1.807) is 0 Å². The molecule has 1 heterocycles. The molecular weight excluding hydrogens is 452 g/mol. The molecular formula is C19H20BrClN2O3S. The first-order valence-electron chi connectivity index (χ1n) is 8.55. The number of halogens is 2. The van der Waals surface area contributed by atoms with Crippen molar-refractivity contribution >= 4 is 49.1 Å². The summed E-state index contributed by atoms with van der Waals surface area (Å²) in [5.41, 5.74) is 2.56. The van der Waals surface area contributed by atoms with Crippen LogP contribution in [-0.2, 0) is 14.8 Å². The van der Waals surface area contributed by atoms with Crippen LogP contribution in [0, 0.1) is 13.8 Å². The zero-order valence-corrected chi connectivity index (χ0v) is 18.2. The Morgan fingerprint density at radius 1 is 1.19 bits per heavy atom. The summed E-state index contributed by atoms with van der Waals surface area (Å²) in [6, 6.07) is 9.11. The lowest BCUT2D eigenvalue weighted by molar-refractivity contribution is -0.119. The Balaban J connectivity index is 1.86. The van der Waals surface area contributed by atoms with Crippen molar-refractivity contribution in [1.82, 2.24) is 4.31 Å². The highest BCUT2D eigenvalue weighted by molar-refractivity contribution is 9.10. The topological polar surface area (TPSA) is 66.5 Å². The highest BCUT2D eigenvalue weighted by Crippen LogP contribution is 2.30. The normalized spacial score (nSPS) is 17.9. The average molecular weight is 472 g/mol. The van der Waals surface area contributed by atoms with Crippen LogP contribution in [0.1, 0.15) is 24.0 Å². The van der Waals surface area contributed by atoms with Crippen molar-refractivity contribution in [1.29, 1.82) is 0 Å². The van der Waals surface area contributed by atoms with Gasteiger partial charge in [-0.1, -0.05) is 27.5 Å². The first kappa shape index (κ1) is 20.3. The number of aryl methyl sites for hydroxylation is 2. The van der Waals surface area contributed by atoms with E-state index >= 15 is 0 Å². The molecule has 0 bridgehead atoms. The Hall–Kier alpha value is -1.41. The smallest absolute Gasteiger partial charge is 0.243 e. The maximum atomic E-state index is 13.0. The summed E-state index contributed by atoms with van der Waals surface area (Å²) in [5.74, 6) is -0.307. The summed E-state index contributed by atoms with van der Waals surface area (Å²) in [7, 11) is -3.76. The molecule has 144 valence electrons. The van der Waals surface area contributed by atoms with Crippen molar-refractivity contribution < 1.29 is 13.2 Å². The van der Waals surface area contributed by atoms with E-state index in [1.165, 1.54) is 28.6 Å². The zero-order chi connectivity index (χ0) is 19.8. The molecule has 0 saturated carbocycles. The molecule has 3 rings (SSSR count). The minimum atomic E-state index is -3.76. The summed E-state index contributed by atoms with van der Waals surface area (Å²) in [6.07, 6.45) is 1.14. The van der Waals surface area contributed by atoms with Crippen molar-refractivity contribution in [3.63, 3.8) is 0 Å². The van der Waals surface area contributed by atoms with Crippen molar-refractivity contribution in [2.45, 2.75) is 37.6 Å². The number of carbonyl (C=O) groups is 1. The van der Waals surface area contributed by atoms with Crippen molar-refractivity contribution in [2.75, 3.05) is 11.9 Å². The molecule has 1 N–H and O–H groups in total. The third kappa shape index (κ3) is 4.21.